The number of benzene rings is 1. The quantitative estimate of drug-likeness (QED) is 0.848. The number of rotatable bonds is 6. The van der Waals surface area contributed by atoms with Crippen molar-refractivity contribution in [1.82, 2.24) is 10.1 Å². The van der Waals surface area contributed by atoms with Crippen molar-refractivity contribution >= 4 is 5.95 Å². The zero-order valence-corrected chi connectivity index (χ0v) is 12.1. The molecule has 2 rings (SSSR count). The minimum atomic E-state index is -0.803. The van der Waals surface area contributed by atoms with Crippen LogP contribution in [0.1, 0.15) is 27.2 Å². The number of aromatic nitrogens is 2. The molecule has 1 heterocycles. The Labute approximate surface area is 119 Å². The number of hydrogen-bond acceptors (Lipinski definition) is 5. The van der Waals surface area contributed by atoms with Gasteiger partial charge in [-0.1, -0.05) is 38.5 Å². The third kappa shape index (κ3) is 3.36. The molecule has 2 N–H and O–H groups in total. The monoisotopic (exact) mass is 275 g/mol. The molecule has 1 aromatic carbocycles. The zero-order valence-electron chi connectivity index (χ0n) is 12.1. The lowest BCUT2D eigenvalue weighted by Gasteiger charge is -2.29. The summed E-state index contributed by atoms with van der Waals surface area (Å²) in [5.74, 6) is 1.05. The summed E-state index contributed by atoms with van der Waals surface area (Å²) in [4.78, 5) is 4.27. The molecule has 0 saturated heterocycles. The fourth-order valence-electron chi connectivity index (χ4n) is 1.87. The Hall–Kier alpha value is -1.88. The molecule has 2 unspecified atom stereocenters. The van der Waals surface area contributed by atoms with Crippen LogP contribution in [0.4, 0.5) is 5.95 Å². The van der Waals surface area contributed by atoms with Gasteiger partial charge in [0.25, 0.3) is 11.8 Å². The van der Waals surface area contributed by atoms with Gasteiger partial charge in [0.1, 0.15) is 0 Å². The van der Waals surface area contributed by atoms with E-state index in [9.17, 15) is 5.11 Å². The Morgan fingerprint density at radius 2 is 2.05 bits per heavy atom. The van der Waals surface area contributed by atoms with Gasteiger partial charge in [-0.15, -0.1) is 0 Å². The summed E-state index contributed by atoms with van der Waals surface area (Å²) >= 11 is 0. The van der Waals surface area contributed by atoms with Crippen LogP contribution in [0.3, 0.4) is 0 Å². The highest BCUT2D eigenvalue weighted by molar-refractivity contribution is 5.53. The van der Waals surface area contributed by atoms with Gasteiger partial charge >= 0.3 is 0 Å². The first-order valence-electron chi connectivity index (χ1n) is 6.88. The van der Waals surface area contributed by atoms with Gasteiger partial charge in [-0.2, -0.15) is 4.98 Å². The SMILES string of the molecule is CCC(C)C(C)(O)CNc1noc(-c2ccccc2)n1. The average Bonchev–Trinajstić information content (AvgIpc) is 2.94. The summed E-state index contributed by atoms with van der Waals surface area (Å²) in [6.45, 7) is 6.27. The summed E-state index contributed by atoms with van der Waals surface area (Å²) < 4.78 is 5.20. The minimum Gasteiger partial charge on any atom is -0.388 e. The van der Waals surface area contributed by atoms with E-state index in [2.05, 4.69) is 22.4 Å². The summed E-state index contributed by atoms with van der Waals surface area (Å²) in [7, 11) is 0. The molecule has 2 atom stereocenters. The van der Waals surface area contributed by atoms with Gasteiger partial charge in [-0.25, -0.2) is 0 Å². The first kappa shape index (κ1) is 14.5. The molecular formula is C15H21N3O2. The summed E-state index contributed by atoms with van der Waals surface area (Å²) in [5, 5.41) is 17.2. The Bertz CT molecular complexity index is 537. The van der Waals surface area contributed by atoms with Gasteiger partial charge in [0.15, 0.2) is 0 Å². The highest BCUT2D eigenvalue weighted by Gasteiger charge is 2.27. The van der Waals surface area contributed by atoms with E-state index in [1.54, 1.807) is 0 Å². The molecule has 1 aromatic heterocycles. The van der Waals surface area contributed by atoms with Crippen LogP contribution in [-0.2, 0) is 0 Å². The van der Waals surface area contributed by atoms with Crippen LogP contribution in [0.5, 0.6) is 0 Å². The molecule has 5 nitrogen and oxygen atoms in total. The lowest BCUT2D eigenvalue weighted by molar-refractivity contribution is 0.0174. The third-order valence-corrected chi connectivity index (χ3v) is 3.73. The molecular weight excluding hydrogens is 254 g/mol. The third-order valence-electron chi connectivity index (χ3n) is 3.73. The van der Waals surface area contributed by atoms with Crippen LogP contribution in [0, 0.1) is 5.92 Å². The molecule has 0 spiro atoms. The fraction of sp³-hybridized carbons (Fsp3) is 0.467. The van der Waals surface area contributed by atoms with E-state index in [1.807, 2.05) is 44.2 Å². The largest absolute Gasteiger partial charge is 0.388 e. The number of aliphatic hydroxyl groups is 1. The van der Waals surface area contributed by atoms with Crippen molar-refractivity contribution in [3.05, 3.63) is 30.3 Å². The predicted molar refractivity (Wildman–Crippen MR) is 78.3 cm³/mol. The summed E-state index contributed by atoms with van der Waals surface area (Å²) in [6, 6.07) is 9.59. The maximum Gasteiger partial charge on any atom is 0.263 e. The molecule has 0 aliphatic heterocycles. The molecule has 0 aliphatic carbocycles. The Balaban J connectivity index is 2.00. The maximum atomic E-state index is 10.3. The number of nitrogens with zero attached hydrogens (tertiary/aromatic N) is 2. The van der Waals surface area contributed by atoms with Crippen molar-refractivity contribution in [1.29, 1.82) is 0 Å². The predicted octanol–water partition coefficient (Wildman–Crippen LogP) is 2.95. The van der Waals surface area contributed by atoms with Crippen LogP contribution < -0.4 is 5.32 Å². The molecule has 108 valence electrons. The fourth-order valence-corrected chi connectivity index (χ4v) is 1.87. The molecule has 0 amide bonds. The molecule has 2 aromatic rings. The number of hydrogen-bond donors (Lipinski definition) is 2. The van der Waals surface area contributed by atoms with E-state index in [1.165, 1.54) is 0 Å². The van der Waals surface area contributed by atoms with Gasteiger partial charge in [-0.3, -0.25) is 0 Å². The summed E-state index contributed by atoms with van der Waals surface area (Å²) in [5.41, 5.74) is 0.0733. The molecule has 0 aliphatic rings. The second-order valence-corrected chi connectivity index (χ2v) is 5.31. The van der Waals surface area contributed by atoms with Crippen molar-refractivity contribution in [2.24, 2.45) is 5.92 Å². The first-order valence-corrected chi connectivity index (χ1v) is 6.88. The van der Waals surface area contributed by atoms with Crippen LogP contribution in [-0.4, -0.2) is 27.4 Å². The number of anilines is 1. The lowest BCUT2D eigenvalue weighted by Crippen LogP contribution is -2.40. The molecule has 20 heavy (non-hydrogen) atoms. The lowest BCUT2D eigenvalue weighted by atomic mass is 9.89. The second-order valence-electron chi connectivity index (χ2n) is 5.31. The molecule has 5 heteroatoms. The van der Waals surface area contributed by atoms with Crippen molar-refractivity contribution in [2.75, 3.05) is 11.9 Å². The highest BCUT2D eigenvalue weighted by Crippen LogP contribution is 2.21. The van der Waals surface area contributed by atoms with E-state index in [0.717, 1.165) is 12.0 Å². The number of nitrogens with one attached hydrogen (secondary N) is 1. The Kier molecular flexibility index (Phi) is 4.39. The van der Waals surface area contributed by atoms with E-state index < -0.39 is 5.60 Å². The Morgan fingerprint density at radius 1 is 1.35 bits per heavy atom. The highest BCUT2D eigenvalue weighted by atomic mass is 16.5. The average molecular weight is 275 g/mol. The molecule has 0 fully saturated rings. The first-order chi connectivity index (χ1) is 9.53. The Morgan fingerprint density at radius 3 is 2.70 bits per heavy atom. The smallest absolute Gasteiger partial charge is 0.263 e. The van der Waals surface area contributed by atoms with E-state index in [-0.39, 0.29) is 5.92 Å². The van der Waals surface area contributed by atoms with Crippen LogP contribution >= 0.6 is 0 Å². The second kappa shape index (κ2) is 6.05. The van der Waals surface area contributed by atoms with Gasteiger partial charge < -0.3 is 14.9 Å². The van der Waals surface area contributed by atoms with E-state index in [0.29, 0.717) is 18.4 Å². The van der Waals surface area contributed by atoms with Gasteiger partial charge in [0, 0.05) is 12.1 Å². The van der Waals surface area contributed by atoms with Crippen molar-refractivity contribution < 1.29 is 9.63 Å². The zero-order chi connectivity index (χ0) is 14.6. The standard InChI is InChI=1S/C15H21N3O2/c1-4-11(2)15(3,19)10-16-14-17-13(20-18-14)12-8-6-5-7-9-12/h5-9,11,19H,4,10H2,1-3H3,(H,16,18). The van der Waals surface area contributed by atoms with Crippen LogP contribution in [0.15, 0.2) is 34.9 Å². The van der Waals surface area contributed by atoms with E-state index >= 15 is 0 Å². The van der Waals surface area contributed by atoms with E-state index in [4.69, 9.17) is 4.52 Å². The summed E-state index contributed by atoms with van der Waals surface area (Å²) in [6.07, 6.45) is 0.913. The van der Waals surface area contributed by atoms with Crippen molar-refractivity contribution in [3.63, 3.8) is 0 Å². The minimum absolute atomic E-state index is 0.190. The van der Waals surface area contributed by atoms with Crippen LogP contribution in [0.25, 0.3) is 11.5 Å². The normalized spacial score (nSPS) is 15.6. The van der Waals surface area contributed by atoms with Gasteiger partial charge in [0.05, 0.1) is 5.60 Å². The van der Waals surface area contributed by atoms with Gasteiger partial charge in [0.2, 0.25) is 0 Å². The van der Waals surface area contributed by atoms with Crippen LogP contribution in [0.2, 0.25) is 0 Å². The molecule has 0 radical (unpaired) electrons. The molecule has 0 bridgehead atoms. The topological polar surface area (TPSA) is 71.2 Å². The van der Waals surface area contributed by atoms with Gasteiger partial charge in [-0.05, 0) is 30.1 Å². The van der Waals surface area contributed by atoms with Crippen molar-refractivity contribution in [2.45, 2.75) is 32.8 Å². The molecule has 0 saturated carbocycles. The van der Waals surface area contributed by atoms with Crippen molar-refractivity contribution in [3.8, 4) is 11.5 Å². The maximum absolute atomic E-state index is 10.3.